The van der Waals surface area contributed by atoms with Crippen LogP contribution in [0.3, 0.4) is 0 Å². The van der Waals surface area contributed by atoms with Gasteiger partial charge in [0.25, 0.3) is 56.2 Å². The van der Waals surface area contributed by atoms with Crippen LogP contribution in [0.4, 0.5) is 56.9 Å². The van der Waals surface area contributed by atoms with E-state index >= 15 is 0 Å². The summed E-state index contributed by atoms with van der Waals surface area (Å²) in [6, 6.07) is 62.9. The number of H-pyrrole nitrogens is 5. The van der Waals surface area contributed by atoms with E-state index in [9.17, 15) is 74.5 Å². The summed E-state index contributed by atoms with van der Waals surface area (Å²) in [5.41, 5.74) is 8.10. The number of piperidine rings is 6. The maximum atomic E-state index is 12.1. The van der Waals surface area contributed by atoms with Gasteiger partial charge in [-0.2, -0.15) is 25.5 Å². The van der Waals surface area contributed by atoms with Crippen molar-refractivity contribution in [3.05, 3.63) is 315 Å². The Morgan fingerprint density at radius 2 is 0.544 bits per heavy atom. The van der Waals surface area contributed by atoms with Crippen LogP contribution in [0.5, 0.6) is 0 Å². The third kappa shape index (κ3) is 23.1. The molecule has 1 unspecified atom stereocenters. The number of likely N-dealkylation sites (tertiary alicyclic amines) is 1. The van der Waals surface area contributed by atoms with Gasteiger partial charge in [-0.15, -0.1) is 0 Å². The zero-order chi connectivity index (χ0) is 103. The Morgan fingerprint density at radius 3 is 0.823 bits per heavy atom. The lowest BCUT2D eigenvalue weighted by atomic mass is 9.91. The minimum absolute atomic E-state index is 0.0736. The summed E-state index contributed by atoms with van der Waals surface area (Å²) in [6.07, 6.45) is 23.8. The minimum atomic E-state index is -0.335. The van der Waals surface area contributed by atoms with Crippen molar-refractivity contribution in [2.75, 3.05) is 96.5 Å². The fraction of sp³-hybridized carbons (Fsp3) is 0.369. The second-order valence-corrected chi connectivity index (χ2v) is 38.7. The highest BCUT2D eigenvalue weighted by Crippen LogP contribution is 2.45. The van der Waals surface area contributed by atoms with Crippen LogP contribution < -0.4 is 52.3 Å². The molecule has 6 aliphatic heterocycles. The lowest BCUT2D eigenvalue weighted by molar-refractivity contribution is -0.384. The molecular weight excluding hydrogens is 1870 g/mol. The lowest BCUT2D eigenvalue weighted by Crippen LogP contribution is -2.46. The van der Waals surface area contributed by atoms with Gasteiger partial charge < -0.3 is 29.4 Å². The van der Waals surface area contributed by atoms with Crippen molar-refractivity contribution in [1.29, 1.82) is 0 Å². The quantitative estimate of drug-likeness (QED) is 0.0293. The number of nitro groups is 5. The molecule has 6 saturated heterocycles. The second-order valence-electron chi connectivity index (χ2n) is 38.7. The molecule has 6 fully saturated rings. The van der Waals surface area contributed by atoms with Crippen LogP contribution in [0.1, 0.15) is 163 Å². The minimum Gasteiger partial charge on any atom is -0.366 e. The Balaban J connectivity index is 0.000000126. The molecule has 0 saturated carbocycles. The van der Waals surface area contributed by atoms with E-state index in [1.165, 1.54) is 64.5 Å². The number of hydrogen-bond donors (Lipinski definition) is 5. The molecule has 0 radical (unpaired) electrons. The molecule has 5 N–H and O–H groups in total. The molecule has 6 aliphatic rings. The first-order valence-corrected chi connectivity index (χ1v) is 51.3. The first-order chi connectivity index (χ1) is 71.4. The first kappa shape index (κ1) is 102. The molecule has 0 aliphatic carbocycles. The van der Waals surface area contributed by atoms with Gasteiger partial charge in [-0.25, -0.2) is 25.5 Å². The predicted molar refractivity (Wildman–Crippen MR) is 578 cm³/mol. The summed E-state index contributed by atoms with van der Waals surface area (Å²) in [7, 11) is 0. The van der Waals surface area contributed by atoms with Gasteiger partial charge >= 0.3 is 0 Å². The average Bonchev–Trinajstić information content (AvgIpc) is 0.785. The number of aromatic amines is 5. The SMILES string of the molecule is CCC1CCCCN1c1ccc(-c2n[nH]c(=O)c3ccccc23)cc1[N+](=O)[O-].CCC1CCN(c2ccc(-c3n[nH]c(=O)c4ccccc34)cc2[N+](=O)[O-])CC1.CCCC1CCN(c2ccc(-c3n[nH]c(=O)c4ccccc34)cc2[N+](=O)[O-])CC1.CCCCC1CCN(c2ccc(-c3n[nH]c(=O)c4ccccc34)cc2[N+](=O)[O-])CC1.O=c1[nH]nc(-c2ccc(N3CCC(N4CCCCC4)CC3)c([N+](=O)[O-])c2)c2ccccc12. The van der Waals surface area contributed by atoms with Gasteiger partial charge in [-0.05, 0) is 181 Å². The van der Waals surface area contributed by atoms with Gasteiger partial charge in [0.15, 0.2) is 0 Å². The molecular formula is C111H121N21O15. The summed E-state index contributed by atoms with van der Waals surface area (Å²) in [5.74, 6) is 2.13. The molecule has 11 heterocycles. The summed E-state index contributed by atoms with van der Waals surface area (Å²) < 4.78 is 0. The van der Waals surface area contributed by atoms with Crippen molar-refractivity contribution in [3.8, 4) is 56.3 Å². The van der Waals surface area contributed by atoms with Gasteiger partial charge in [0, 0.05) is 156 Å². The topological polar surface area (TPSA) is 464 Å². The molecule has 21 rings (SSSR count). The molecule has 15 aromatic rings. The normalized spacial score (nSPS) is 16.1. The van der Waals surface area contributed by atoms with Crippen LogP contribution in [0, 0.1) is 68.3 Å². The summed E-state index contributed by atoms with van der Waals surface area (Å²) in [6.45, 7) is 18.6. The van der Waals surface area contributed by atoms with Crippen molar-refractivity contribution >= 4 is 111 Å². The second kappa shape index (κ2) is 47.1. The van der Waals surface area contributed by atoms with E-state index in [0.29, 0.717) is 163 Å². The standard InChI is InChI=1S/C24H27N5O3.C23H26N4O3.C22H24N4O3.2C21H22N4O3/c30-24-20-7-3-2-6-19(20)23(25-26-24)17-8-9-21(22(16-17)29(31)32)28-14-10-18(11-15-28)27-12-4-1-5-13-27;1-2-3-6-16-11-13-26(14-12-16)20-10-9-17(15-21(20)27(29)30)22-18-7-4-5-8-19(18)23(28)25-24-22;1-2-5-15-10-12-25(13-11-15)19-9-8-16(14-20(19)26(28)29)21-17-6-3-4-7-18(17)22(27)24-23-21;1-2-15-7-5-6-12-24(15)18-11-10-14(13-19(18)25(27)28)20-16-8-3-4-9-17(16)21(26)23-22-20;1-2-14-9-11-24(12-10-14)18-8-7-15(13-19(18)25(27)28)20-16-5-3-4-6-17(16)21(26)23-22-20/h2-3,6-9,16,18H,1,4-5,10-15H2,(H,26,30);4-5,7-10,15-16H,2-3,6,11-14H2,1H3,(H,25,28);3-4,6-9,14-15H,2,5,10-13H2,1H3,(H,24,27);3-4,8-11,13,15H,2,5-7,12H2,1H3,(H,23,26);3-8,13-14H,2,9-12H2,1H3,(H,23,26). The van der Waals surface area contributed by atoms with Crippen molar-refractivity contribution in [2.24, 2.45) is 17.8 Å². The number of hydrogen-bond acceptors (Lipinski definition) is 26. The smallest absolute Gasteiger partial charge is 0.293 e. The highest BCUT2D eigenvalue weighted by molar-refractivity contribution is 5.99. The van der Waals surface area contributed by atoms with E-state index in [-0.39, 0.29) is 80.8 Å². The van der Waals surface area contributed by atoms with Gasteiger partial charge in [0.05, 0.1) is 80.0 Å². The fourth-order valence-corrected chi connectivity index (χ4v) is 22.0. The molecule has 36 nitrogen and oxygen atoms in total. The third-order valence-corrected chi connectivity index (χ3v) is 29.9. The lowest BCUT2D eigenvalue weighted by Gasteiger charge is -2.40. The maximum Gasteiger partial charge on any atom is 0.293 e. The van der Waals surface area contributed by atoms with Crippen molar-refractivity contribution in [3.63, 3.8) is 0 Å². The molecule has 5 aromatic heterocycles. The number of nitro benzene ring substituents is 5. The average molecular weight is 1990 g/mol. The molecule has 760 valence electrons. The van der Waals surface area contributed by atoms with Crippen LogP contribution in [0.15, 0.2) is 236 Å². The van der Waals surface area contributed by atoms with E-state index in [2.05, 4.69) is 108 Å². The third-order valence-electron chi connectivity index (χ3n) is 29.9. The number of fused-ring (bicyclic) bond motifs is 5. The van der Waals surface area contributed by atoms with Crippen molar-refractivity contribution in [1.82, 2.24) is 55.9 Å². The Morgan fingerprint density at radius 1 is 0.279 bits per heavy atom. The Labute approximate surface area is 846 Å². The number of anilines is 5. The van der Waals surface area contributed by atoms with Gasteiger partial charge in [0.2, 0.25) is 0 Å². The molecule has 0 amide bonds. The van der Waals surface area contributed by atoms with Gasteiger partial charge in [-0.3, -0.25) is 74.5 Å². The van der Waals surface area contributed by atoms with E-state index in [4.69, 9.17) is 0 Å². The number of nitrogens with one attached hydrogen (secondary N) is 5. The van der Waals surface area contributed by atoms with Crippen LogP contribution >= 0.6 is 0 Å². The van der Waals surface area contributed by atoms with E-state index in [1.807, 2.05) is 115 Å². The molecule has 1 atom stereocenters. The zero-order valence-electron chi connectivity index (χ0n) is 83.0. The monoisotopic (exact) mass is 1990 g/mol. The molecule has 0 spiro atoms. The molecule has 36 heteroatoms. The van der Waals surface area contributed by atoms with Gasteiger partial charge in [0.1, 0.15) is 28.4 Å². The van der Waals surface area contributed by atoms with Crippen molar-refractivity contribution in [2.45, 2.75) is 175 Å². The van der Waals surface area contributed by atoms with E-state index in [0.717, 1.165) is 148 Å². The van der Waals surface area contributed by atoms with Crippen LogP contribution in [0.25, 0.3) is 110 Å². The molecule has 10 aromatic carbocycles. The number of nitrogens with zero attached hydrogens (tertiary/aromatic N) is 16. The Kier molecular flexibility index (Phi) is 32.8. The summed E-state index contributed by atoms with van der Waals surface area (Å²) >= 11 is 0. The van der Waals surface area contributed by atoms with Crippen molar-refractivity contribution < 1.29 is 24.6 Å². The van der Waals surface area contributed by atoms with Gasteiger partial charge in [-0.1, -0.05) is 194 Å². The van der Waals surface area contributed by atoms with Crippen LogP contribution in [-0.4, -0.2) is 165 Å². The van der Waals surface area contributed by atoms with E-state index < -0.39 is 0 Å². The Hall–Kier alpha value is -16.1. The number of unbranched alkanes of at least 4 members (excludes halogenated alkanes) is 1. The van der Waals surface area contributed by atoms with E-state index in [1.54, 1.807) is 97.1 Å². The maximum absolute atomic E-state index is 12.1. The molecule has 147 heavy (non-hydrogen) atoms. The fourth-order valence-electron chi connectivity index (χ4n) is 22.0. The first-order valence-electron chi connectivity index (χ1n) is 51.3. The van der Waals surface area contributed by atoms with Crippen LogP contribution in [0.2, 0.25) is 0 Å². The largest absolute Gasteiger partial charge is 0.366 e. The predicted octanol–water partition coefficient (Wildman–Crippen LogP) is 21.8. The highest BCUT2D eigenvalue weighted by atomic mass is 16.6. The number of benzene rings is 10. The number of aromatic nitrogens is 10. The highest BCUT2D eigenvalue weighted by Gasteiger charge is 2.35. The zero-order valence-corrected chi connectivity index (χ0v) is 83.0. The van der Waals surface area contributed by atoms with Crippen LogP contribution in [-0.2, 0) is 0 Å². The number of rotatable bonds is 23. The Bertz CT molecular complexity index is 7660. The summed E-state index contributed by atoms with van der Waals surface area (Å²) in [4.78, 5) is 131. The molecule has 0 bridgehead atoms. The summed E-state index contributed by atoms with van der Waals surface area (Å²) in [5, 5.41) is 98.7.